The molecule has 3 aromatic rings. The lowest BCUT2D eigenvalue weighted by Crippen LogP contribution is -2.30. The minimum absolute atomic E-state index is 0.0154. The second-order valence-electron chi connectivity index (χ2n) is 8.31. The number of benzene rings is 2. The number of urea groups is 1. The van der Waals surface area contributed by atoms with Gasteiger partial charge in [0.1, 0.15) is 17.3 Å². The summed E-state index contributed by atoms with van der Waals surface area (Å²) < 4.78 is 36.0. The highest BCUT2D eigenvalue weighted by Gasteiger charge is 2.35. The summed E-state index contributed by atoms with van der Waals surface area (Å²) >= 11 is 6.87. The molecule has 4 amide bonds. The molecule has 14 heteroatoms. The number of amides is 4. The average Bonchev–Trinajstić information content (AvgIpc) is 3.52. The van der Waals surface area contributed by atoms with Crippen molar-refractivity contribution < 1.29 is 42.2 Å². The third-order valence-electron chi connectivity index (χ3n) is 5.58. The third kappa shape index (κ3) is 6.77. The molecule has 0 radical (unpaired) electrons. The first-order valence-corrected chi connectivity index (χ1v) is 13.5. The maximum absolute atomic E-state index is 13.9. The Balaban J connectivity index is 1.53. The molecule has 0 saturated carbocycles. The Morgan fingerprint density at radius 3 is 2.59 bits per heavy atom. The molecule has 2 N–H and O–H groups in total. The largest absolute Gasteiger partial charge is 0.490 e. The quantitative estimate of drug-likeness (QED) is 0.167. The number of anilines is 1. The van der Waals surface area contributed by atoms with Crippen molar-refractivity contribution in [2.45, 2.75) is 13.5 Å². The number of methoxy groups -OCH3 is 1. The Morgan fingerprint density at radius 1 is 1.12 bits per heavy atom. The highest BCUT2D eigenvalue weighted by Crippen LogP contribution is 2.43. The van der Waals surface area contributed by atoms with Crippen LogP contribution in [0.2, 0.25) is 0 Å². The second-order valence-corrected chi connectivity index (χ2v) is 9.89. The maximum Gasteiger partial charge on any atom is 0.373 e. The molecule has 1 fully saturated rings. The summed E-state index contributed by atoms with van der Waals surface area (Å²) in [7, 11) is 1.20. The van der Waals surface area contributed by atoms with Crippen LogP contribution in [0.4, 0.5) is 14.9 Å². The topological polar surface area (TPSA) is 136 Å². The monoisotopic (exact) mass is 693 g/mol. The Kier molecular flexibility index (Phi) is 9.45. The SMILES string of the molecule is CCOc1cc(/C=C2\NC(=O)N(Cc3ccc(C(=O)OC)o3)C2=O)c(Br)c(Br)c1OCC(=O)Nc1ccccc1F. The number of nitrogens with one attached hydrogen (secondary N) is 2. The van der Waals surface area contributed by atoms with E-state index in [2.05, 4.69) is 47.2 Å². The molecule has 4 rings (SSSR count). The molecule has 41 heavy (non-hydrogen) atoms. The lowest BCUT2D eigenvalue weighted by molar-refractivity contribution is -0.123. The number of ether oxygens (including phenoxy) is 3. The van der Waals surface area contributed by atoms with Crippen LogP contribution in [0.15, 0.2) is 61.5 Å². The predicted octanol–water partition coefficient (Wildman–Crippen LogP) is 5.24. The summed E-state index contributed by atoms with van der Waals surface area (Å²) in [6, 6.07) is 9.46. The molecule has 0 atom stereocenters. The molecule has 0 aliphatic carbocycles. The van der Waals surface area contributed by atoms with Gasteiger partial charge in [-0.05, 0) is 80.8 Å². The van der Waals surface area contributed by atoms with E-state index in [0.29, 0.717) is 14.5 Å². The molecule has 0 spiro atoms. The molecule has 0 bridgehead atoms. The van der Waals surface area contributed by atoms with E-state index in [0.717, 1.165) is 4.90 Å². The number of nitrogens with zero attached hydrogens (tertiary/aromatic N) is 1. The number of furan rings is 1. The Bertz CT molecular complexity index is 1560. The number of imide groups is 1. The van der Waals surface area contributed by atoms with Gasteiger partial charge in [0.05, 0.1) is 30.4 Å². The van der Waals surface area contributed by atoms with E-state index >= 15 is 0 Å². The normalized spacial score (nSPS) is 13.8. The van der Waals surface area contributed by atoms with Crippen molar-refractivity contribution in [3.05, 3.63) is 80.0 Å². The number of hydrogen-bond acceptors (Lipinski definition) is 8. The van der Waals surface area contributed by atoms with E-state index in [1.807, 2.05) is 0 Å². The Morgan fingerprint density at radius 2 is 1.88 bits per heavy atom. The van der Waals surface area contributed by atoms with E-state index in [4.69, 9.17) is 13.9 Å². The molecule has 1 aromatic heterocycles. The first kappa shape index (κ1) is 29.8. The zero-order chi connectivity index (χ0) is 29.7. The fourth-order valence-corrected chi connectivity index (χ4v) is 4.64. The van der Waals surface area contributed by atoms with Gasteiger partial charge in [0.15, 0.2) is 18.1 Å². The molecular formula is C27H22Br2FN3O8. The Labute approximate surface area is 249 Å². The minimum atomic E-state index is -0.687. The first-order chi connectivity index (χ1) is 19.6. The summed E-state index contributed by atoms with van der Waals surface area (Å²) in [6.07, 6.45) is 1.44. The van der Waals surface area contributed by atoms with Crippen molar-refractivity contribution in [2.24, 2.45) is 0 Å². The van der Waals surface area contributed by atoms with Crippen LogP contribution in [-0.4, -0.2) is 49.0 Å². The van der Waals surface area contributed by atoms with Gasteiger partial charge in [-0.2, -0.15) is 0 Å². The number of carbonyl (C=O) groups excluding carboxylic acids is 4. The van der Waals surface area contributed by atoms with Crippen LogP contribution in [0.1, 0.15) is 28.8 Å². The van der Waals surface area contributed by atoms with E-state index in [1.165, 1.54) is 43.5 Å². The van der Waals surface area contributed by atoms with Crippen LogP contribution in [0.3, 0.4) is 0 Å². The zero-order valence-electron chi connectivity index (χ0n) is 21.6. The molecule has 0 unspecified atom stereocenters. The maximum atomic E-state index is 13.9. The number of para-hydroxylation sites is 1. The lowest BCUT2D eigenvalue weighted by atomic mass is 10.1. The third-order valence-corrected chi connectivity index (χ3v) is 7.72. The Hall–Kier alpha value is -4.17. The predicted molar refractivity (Wildman–Crippen MR) is 151 cm³/mol. The van der Waals surface area contributed by atoms with Gasteiger partial charge in [-0.3, -0.25) is 14.5 Å². The van der Waals surface area contributed by atoms with Crippen LogP contribution in [0, 0.1) is 5.82 Å². The number of rotatable bonds is 10. The van der Waals surface area contributed by atoms with Crippen LogP contribution in [0.25, 0.3) is 6.08 Å². The fourth-order valence-electron chi connectivity index (χ4n) is 3.69. The van der Waals surface area contributed by atoms with Gasteiger partial charge in [-0.1, -0.05) is 12.1 Å². The summed E-state index contributed by atoms with van der Waals surface area (Å²) in [6.45, 7) is 1.34. The summed E-state index contributed by atoms with van der Waals surface area (Å²) in [5.41, 5.74) is 0.435. The average molecular weight is 695 g/mol. The van der Waals surface area contributed by atoms with Gasteiger partial charge in [0.25, 0.3) is 11.8 Å². The van der Waals surface area contributed by atoms with E-state index in [-0.39, 0.29) is 47.6 Å². The van der Waals surface area contributed by atoms with Crippen molar-refractivity contribution in [1.82, 2.24) is 10.2 Å². The van der Waals surface area contributed by atoms with Crippen LogP contribution in [0.5, 0.6) is 11.5 Å². The molecule has 214 valence electrons. The van der Waals surface area contributed by atoms with Gasteiger partial charge < -0.3 is 29.3 Å². The first-order valence-electron chi connectivity index (χ1n) is 12.0. The number of esters is 1. The van der Waals surface area contributed by atoms with E-state index in [9.17, 15) is 23.6 Å². The van der Waals surface area contributed by atoms with Crippen LogP contribution in [-0.2, 0) is 20.9 Å². The zero-order valence-corrected chi connectivity index (χ0v) is 24.8. The van der Waals surface area contributed by atoms with Crippen molar-refractivity contribution >= 4 is 67.4 Å². The van der Waals surface area contributed by atoms with E-state index in [1.54, 1.807) is 19.1 Å². The summed E-state index contributed by atoms with van der Waals surface area (Å²) in [5, 5.41) is 4.95. The highest BCUT2D eigenvalue weighted by molar-refractivity contribution is 9.13. The standard InChI is InChI=1S/C27H22Br2FN3O8/c1-3-39-20-11-14(22(28)23(29)24(20)40-13-21(34)31-17-7-5-4-6-16(17)30)10-18-25(35)33(27(37)32-18)12-15-8-9-19(41-15)26(36)38-2/h4-11H,3,12-13H2,1-2H3,(H,31,34)(H,32,37)/b18-10-. The molecular weight excluding hydrogens is 673 g/mol. The molecule has 11 nitrogen and oxygen atoms in total. The molecule has 1 saturated heterocycles. The van der Waals surface area contributed by atoms with Gasteiger partial charge in [-0.15, -0.1) is 0 Å². The minimum Gasteiger partial charge on any atom is -0.490 e. The van der Waals surface area contributed by atoms with Crippen LogP contribution < -0.4 is 20.1 Å². The van der Waals surface area contributed by atoms with Crippen molar-refractivity contribution in [3.63, 3.8) is 0 Å². The van der Waals surface area contributed by atoms with Crippen LogP contribution >= 0.6 is 31.9 Å². The van der Waals surface area contributed by atoms with Crippen molar-refractivity contribution in [3.8, 4) is 11.5 Å². The smallest absolute Gasteiger partial charge is 0.373 e. The van der Waals surface area contributed by atoms with Crippen molar-refractivity contribution in [2.75, 3.05) is 25.6 Å². The molecule has 2 heterocycles. The van der Waals surface area contributed by atoms with Gasteiger partial charge in [-0.25, -0.2) is 14.0 Å². The summed E-state index contributed by atoms with van der Waals surface area (Å²) in [5.74, 6) is -1.92. The second kappa shape index (κ2) is 13.0. The van der Waals surface area contributed by atoms with Gasteiger partial charge >= 0.3 is 12.0 Å². The fraction of sp³-hybridized carbons (Fsp3) is 0.185. The highest BCUT2D eigenvalue weighted by atomic mass is 79.9. The number of halogens is 3. The van der Waals surface area contributed by atoms with E-state index < -0.39 is 36.2 Å². The lowest BCUT2D eigenvalue weighted by Gasteiger charge is -2.16. The number of carbonyl (C=O) groups is 4. The summed E-state index contributed by atoms with van der Waals surface area (Å²) in [4.78, 5) is 50.5. The van der Waals surface area contributed by atoms with Gasteiger partial charge in [0.2, 0.25) is 5.76 Å². The molecule has 2 aromatic carbocycles. The number of hydrogen-bond donors (Lipinski definition) is 2. The van der Waals surface area contributed by atoms with Gasteiger partial charge in [0, 0.05) is 4.47 Å². The van der Waals surface area contributed by atoms with Crippen molar-refractivity contribution in [1.29, 1.82) is 0 Å². The molecule has 1 aliphatic rings. The molecule has 1 aliphatic heterocycles.